The molecule has 0 rings (SSSR count). The topological polar surface area (TPSA) is 26.3 Å². The number of esters is 1. The van der Waals surface area contributed by atoms with Gasteiger partial charge in [-0.3, -0.25) is 0 Å². The van der Waals surface area contributed by atoms with E-state index in [4.69, 9.17) is 0 Å². The van der Waals surface area contributed by atoms with Crippen molar-refractivity contribution in [3.05, 3.63) is 12.2 Å². The average Bonchev–Trinajstić information content (AvgIpc) is 1.83. The summed E-state index contributed by atoms with van der Waals surface area (Å²) in [5, 5.41) is 0.683. The van der Waals surface area contributed by atoms with E-state index in [0.717, 1.165) is 0 Å². The molecule has 0 bridgehead atoms. The number of hydrogen-bond donors (Lipinski definition) is 0. The second-order valence-corrected chi connectivity index (χ2v) is 1.73. The number of rotatable bonds is 2. The molecule has 0 saturated heterocycles. The maximum Gasteiger partial charge on any atom is 0.330 e. The maximum absolute atomic E-state index is 10.2. The van der Waals surface area contributed by atoms with E-state index in [-0.39, 0.29) is 5.97 Å². The molecule has 0 aliphatic carbocycles. The molecule has 0 aromatic rings. The molecule has 0 saturated carbocycles. The Morgan fingerprint density at radius 2 is 2.50 bits per heavy atom. The van der Waals surface area contributed by atoms with Gasteiger partial charge in [-0.25, -0.2) is 4.79 Å². The number of allylic oxidation sites excluding steroid dienone is 1. The molecular weight excluding hydrogens is 172 g/mol. The van der Waals surface area contributed by atoms with Crippen LogP contribution >= 0.6 is 15.9 Å². The van der Waals surface area contributed by atoms with Gasteiger partial charge in [0.2, 0.25) is 0 Å². The first-order chi connectivity index (χ1) is 3.81. The van der Waals surface area contributed by atoms with Gasteiger partial charge in [0.15, 0.2) is 0 Å². The first kappa shape index (κ1) is 7.69. The van der Waals surface area contributed by atoms with Crippen molar-refractivity contribution in [2.24, 2.45) is 0 Å². The summed E-state index contributed by atoms with van der Waals surface area (Å²) in [6.45, 7) is 0. The normalized spacial score (nSPS) is 9.75. The van der Waals surface area contributed by atoms with Crippen molar-refractivity contribution in [1.82, 2.24) is 0 Å². The second-order valence-electron chi connectivity index (χ2n) is 1.08. The van der Waals surface area contributed by atoms with Crippen molar-refractivity contribution in [3.63, 3.8) is 0 Å². The highest BCUT2D eigenvalue weighted by molar-refractivity contribution is 9.09. The Morgan fingerprint density at radius 1 is 1.88 bits per heavy atom. The lowest BCUT2D eigenvalue weighted by molar-refractivity contribution is -0.134. The number of methoxy groups -OCH3 is 1. The third kappa shape index (κ3) is 3.87. The molecule has 2 nitrogen and oxygen atoms in total. The summed E-state index contributed by atoms with van der Waals surface area (Å²) in [6.07, 6.45) is 3.04. The summed E-state index contributed by atoms with van der Waals surface area (Å²) in [5.41, 5.74) is 0. The van der Waals surface area contributed by atoms with E-state index in [1.165, 1.54) is 13.2 Å². The van der Waals surface area contributed by atoms with Crippen LogP contribution in [0.5, 0.6) is 0 Å². The fourth-order valence-corrected chi connectivity index (χ4v) is 0.396. The van der Waals surface area contributed by atoms with Crippen molar-refractivity contribution in [1.29, 1.82) is 0 Å². The predicted octanol–water partition coefficient (Wildman–Crippen LogP) is 1.11. The van der Waals surface area contributed by atoms with Crippen LogP contribution in [0, 0.1) is 0 Å². The monoisotopic (exact) mass is 178 g/mol. The summed E-state index contributed by atoms with van der Waals surface area (Å²) < 4.78 is 4.31. The summed E-state index contributed by atoms with van der Waals surface area (Å²) in [5.74, 6) is -0.315. The molecule has 0 atom stereocenters. The SMILES string of the molecule is COC(=O)C=CCBr. The van der Waals surface area contributed by atoms with E-state index in [1.54, 1.807) is 6.08 Å². The van der Waals surface area contributed by atoms with Crippen molar-refractivity contribution in [3.8, 4) is 0 Å². The second kappa shape index (κ2) is 4.84. The molecule has 0 heterocycles. The minimum Gasteiger partial charge on any atom is -0.466 e. The first-order valence-corrected chi connectivity index (χ1v) is 3.24. The summed E-state index contributed by atoms with van der Waals surface area (Å²) in [6, 6.07) is 0. The number of ether oxygens (including phenoxy) is 1. The molecule has 0 aliphatic rings. The Balaban J connectivity index is 3.37. The van der Waals surface area contributed by atoms with Crippen LogP contribution in [-0.2, 0) is 9.53 Å². The Bertz CT molecular complexity index is 98.6. The lowest BCUT2D eigenvalue weighted by Gasteiger charge is -1.85. The molecule has 0 aliphatic heterocycles. The maximum atomic E-state index is 10.2. The van der Waals surface area contributed by atoms with Crippen LogP contribution < -0.4 is 0 Å². The number of carbonyl (C=O) groups excluding carboxylic acids is 1. The molecule has 0 unspecified atom stereocenters. The molecule has 0 aromatic heterocycles. The molecule has 0 aromatic carbocycles. The van der Waals surface area contributed by atoms with Crippen LogP contribution in [0.3, 0.4) is 0 Å². The van der Waals surface area contributed by atoms with Gasteiger partial charge in [-0.05, 0) is 0 Å². The highest BCUT2D eigenvalue weighted by Crippen LogP contribution is 1.82. The fraction of sp³-hybridized carbons (Fsp3) is 0.400. The highest BCUT2D eigenvalue weighted by Gasteiger charge is 1.86. The minimum atomic E-state index is -0.315. The quantitative estimate of drug-likeness (QED) is 0.360. The Kier molecular flexibility index (Phi) is 4.65. The van der Waals surface area contributed by atoms with Gasteiger partial charge in [0.1, 0.15) is 0 Å². The molecule has 0 spiro atoms. The first-order valence-electron chi connectivity index (χ1n) is 2.11. The smallest absolute Gasteiger partial charge is 0.330 e. The third-order valence-electron chi connectivity index (χ3n) is 0.544. The highest BCUT2D eigenvalue weighted by atomic mass is 79.9. The van der Waals surface area contributed by atoms with E-state index in [1.807, 2.05) is 0 Å². The van der Waals surface area contributed by atoms with Gasteiger partial charge >= 0.3 is 5.97 Å². The predicted molar refractivity (Wildman–Crippen MR) is 34.9 cm³/mol. The van der Waals surface area contributed by atoms with E-state index in [2.05, 4.69) is 20.7 Å². The molecule has 0 fully saturated rings. The van der Waals surface area contributed by atoms with Gasteiger partial charge in [-0.1, -0.05) is 22.0 Å². The number of hydrogen-bond acceptors (Lipinski definition) is 2. The van der Waals surface area contributed by atoms with Crippen molar-refractivity contribution in [2.75, 3.05) is 12.4 Å². The summed E-state index contributed by atoms with van der Waals surface area (Å²) in [7, 11) is 1.35. The lowest BCUT2D eigenvalue weighted by atomic mass is 10.5. The molecule has 0 amide bonds. The van der Waals surface area contributed by atoms with Crippen LogP contribution in [0.2, 0.25) is 0 Å². The van der Waals surface area contributed by atoms with Crippen molar-refractivity contribution in [2.45, 2.75) is 0 Å². The van der Waals surface area contributed by atoms with Gasteiger partial charge in [-0.2, -0.15) is 0 Å². The van der Waals surface area contributed by atoms with E-state index >= 15 is 0 Å². The van der Waals surface area contributed by atoms with Crippen LogP contribution in [0.15, 0.2) is 12.2 Å². The van der Waals surface area contributed by atoms with Gasteiger partial charge in [0.05, 0.1) is 7.11 Å². The van der Waals surface area contributed by atoms with E-state index < -0.39 is 0 Å². The zero-order valence-corrected chi connectivity index (χ0v) is 6.14. The summed E-state index contributed by atoms with van der Waals surface area (Å²) in [4.78, 5) is 10.2. The van der Waals surface area contributed by atoms with Gasteiger partial charge in [0, 0.05) is 11.4 Å². The Labute approximate surface area is 56.7 Å². The fourth-order valence-electron chi connectivity index (χ4n) is 0.209. The average molecular weight is 179 g/mol. The van der Waals surface area contributed by atoms with E-state index in [0.29, 0.717) is 5.33 Å². The molecule has 0 N–H and O–H groups in total. The summed E-state index contributed by atoms with van der Waals surface area (Å²) >= 11 is 3.11. The standard InChI is InChI=1S/C5H7BrO2/c1-8-5(7)3-2-4-6/h2-3H,4H2,1H3. The largest absolute Gasteiger partial charge is 0.466 e. The van der Waals surface area contributed by atoms with Crippen molar-refractivity contribution >= 4 is 21.9 Å². The molecule has 0 radical (unpaired) electrons. The van der Waals surface area contributed by atoms with Gasteiger partial charge < -0.3 is 4.74 Å². The lowest BCUT2D eigenvalue weighted by Crippen LogP contribution is -1.93. The Morgan fingerprint density at radius 3 is 2.88 bits per heavy atom. The third-order valence-corrected chi connectivity index (χ3v) is 0.918. The van der Waals surface area contributed by atoms with Crippen LogP contribution in [0.4, 0.5) is 0 Å². The number of halogens is 1. The van der Waals surface area contributed by atoms with Crippen LogP contribution in [0.1, 0.15) is 0 Å². The van der Waals surface area contributed by atoms with Gasteiger partial charge in [-0.15, -0.1) is 0 Å². The Hall–Kier alpha value is -0.310. The van der Waals surface area contributed by atoms with Gasteiger partial charge in [0.25, 0.3) is 0 Å². The van der Waals surface area contributed by atoms with Crippen LogP contribution in [0.25, 0.3) is 0 Å². The van der Waals surface area contributed by atoms with Crippen molar-refractivity contribution < 1.29 is 9.53 Å². The molecule has 8 heavy (non-hydrogen) atoms. The zero-order chi connectivity index (χ0) is 6.41. The minimum absolute atomic E-state index is 0.315. The van der Waals surface area contributed by atoms with Crippen LogP contribution in [-0.4, -0.2) is 18.4 Å². The number of carbonyl (C=O) groups is 1. The molecule has 3 heteroatoms. The zero-order valence-electron chi connectivity index (χ0n) is 4.56. The molecule has 46 valence electrons. The van der Waals surface area contributed by atoms with E-state index in [9.17, 15) is 4.79 Å². The number of alkyl halides is 1. The molecular formula is C5H7BrO2.